The molecule has 2 aromatic carbocycles. The minimum Gasteiger partial charge on any atom is -0.349 e. The van der Waals surface area contributed by atoms with Crippen LogP contribution in [-0.2, 0) is 4.79 Å². The number of rotatable bonds is 7. The number of benzene rings is 2. The number of amides is 1. The zero-order valence-electron chi connectivity index (χ0n) is 15.8. The highest BCUT2D eigenvalue weighted by atomic mass is 79.9. The molecule has 1 N–H and O–H groups in total. The molecule has 1 heterocycles. The van der Waals surface area contributed by atoms with E-state index < -0.39 is 0 Å². The van der Waals surface area contributed by atoms with Crippen molar-refractivity contribution in [3.05, 3.63) is 64.4 Å². The van der Waals surface area contributed by atoms with Gasteiger partial charge in [0.05, 0.1) is 17.4 Å². The maximum absolute atomic E-state index is 14.2. The fourth-order valence-corrected chi connectivity index (χ4v) is 4.19. The zero-order chi connectivity index (χ0) is 20.4. The number of halogens is 2. The number of aromatic nitrogens is 3. The predicted octanol–water partition coefficient (Wildman–Crippen LogP) is 5.15. The lowest BCUT2D eigenvalue weighted by molar-refractivity contribution is -0.119. The molecule has 1 aliphatic rings. The van der Waals surface area contributed by atoms with Crippen molar-refractivity contribution in [2.75, 3.05) is 5.75 Å². The van der Waals surface area contributed by atoms with Crippen molar-refractivity contribution in [2.45, 2.75) is 37.0 Å². The number of carbonyl (C=O) groups excluding carboxylic acids is 1. The van der Waals surface area contributed by atoms with Gasteiger partial charge in [-0.05, 0) is 49.6 Å². The second-order valence-electron chi connectivity index (χ2n) is 7.02. The van der Waals surface area contributed by atoms with Gasteiger partial charge in [-0.25, -0.2) is 4.39 Å². The summed E-state index contributed by atoms with van der Waals surface area (Å²) in [5.41, 5.74) is 1.47. The molecule has 1 saturated carbocycles. The Labute approximate surface area is 181 Å². The quantitative estimate of drug-likeness (QED) is 0.480. The standard InChI is InChI=1S/C21H20BrFN4OS/c1-13(14-6-8-15(22)9-7-14)24-19(28)12-29-21-26-25-20(27(21)16-10-11-16)17-4-2-3-5-18(17)23/h2-9,13,16H,10-12H2,1H3,(H,24,28). The highest BCUT2D eigenvalue weighted by molar-refractivity contribution is 9.10. The molecule has 5 nitrogen and oxygen atoms in total. The Hall–Kier alpha value is -2.19. The first-order valence-corrected chi connectivity index (χ1v) is 11.2. The molecule has 0 bridgehead atoms. The first-order chi connectivity index (χ1) is 14.0. The van der Waals surface area contributed by atoms with Gasteiger partial charge in [-0.1, -0.05) is 52.0 Å². The molecule has 8 heteroatoms. The first kappa shape index (κ1) is 20.1. The SMILES string of the molecule is CC(NC(=O)CSc1nnc(-c2ccccc2F)n1C1CC1)c1ccc(Br)cc1. The molecule has 1 atom stereocenters. The monoisotopic (exact) mass is 474 g/mol. The van der Waals surface area contributed by atoms with Crippen molar-refractivity contribution in [2.24, 2.45) is 0 Å². The largest absolute Gasteiger partial charge is 0.349 e. The van der Waals surface area contributed by atoms with Crippen LogP contribution < -0.4 is 5.32 Å². The number of nitrogens with one attached hydrogen (secondary N) is 1. The maximum atomic E-state index is 14.2. The summed E-state index contributed by atoms with van der Waals surface area (Å²) in [5, 5.41) is 12.1. The summed E-state index contributed by atoms with van der Waals surface area (Å²) in [4.78, 5) is 12.4. The molecule has 0 spiro atoms. The van der Waals surface area contributed by atoms with E-state index in [1.165, 1.54) is 17.8 Å². The Morgan fingerprint density at radius 1 is 1.24 bits per heavy atom. The van der Waals surface area contributed by atoms with Crippen LogP contribution in [0.25, 0.3) is 11.4 Å². The number of hydrogen-bond donors (Lipinski definition) is 1. The molecule has 1 aromatic heterocycles. The number of carbonyl (C=O) groups is 1. The van der Waals surface area contributed by atoms with Crippen LogP contribution in [0.5, 0.6) is 0 Å². The van der Waals surface area contributed by atoms with E-state index in [0.717, 1.165) is 22.9 Å². The lowest BCUT2D eigenvalue weighted by atomic mass is 10.1. The van der Waals surface area contributed by atoms with Gasteiger partial charge in [0, 0.05) is 10.5 Å². The number of hydrogen-bond acceptors (Lipinski definition) is 4. The Kier molecular flexibility index (Phi) is 6.01. The van der Waals surface area contributed by atoms with Crippen LogP contribution in [0.1, 0.15) is 37.4 Å². The average Bonchev–Trinajstić information content (AvgIpc) is 3.46. The maximum Gasteiger partial charge on any atom is 0.230 e. The Morgan fingerprint density at radius 3 is 2.66 bits per heavy atom. The van der Waals surface area contributed by atoms with Crippen LogP contribution in [0.4, 0.5) is 4.39 Å². The molecule has 1 unspecified atom stereocenters. The number of thioether (sulfide) groups is 1. The van der Waals surface area contributed by atoms with Gasteiger partial charge < -0.3 is 5.32 Å². The van der Waals surface area contributed by atoms with Crippen molar-refractivity contribution < 1.29 is 9.18 Å². The van der Waals surface area contributed by atoms with Gasteiger partial charge >= 0.3 is 0 Å². The van der Waals surface area contributed by atoms with Gasteiger partial charge in [0.15, 0.2) is 11.0 Å². The van der Waals surface area contributed by atoms with Crippen LogP contribution in [0, 0.1) is 5.82 Å². The van der Waals surface area contributed by atoms with E-state index in [-0.39, 0.29) is 29.6 Å². The average molecular weight is 475 g/mol. The van der Waals surface area contributed by atoms with E-state index >= 15 is 0 Å². The van der Waals surface area contributed by atoms with Crippen molar-refractivity contribution in [1.82, 2.24) is 20.1 Å². The fourth-order valence-electron chi connectivity index (χ4n) is 3.11. The number of nitrogens with zero attached hydrogens (tertiary/aromatic N) is 3. The van der Waals surface area contributed by atoms with E-state index in [1.807, 2.05) is 35.8 Å². The van der Waals surface area contributed by atoms with Gasteiger partial charge in [0.25, 0.3) is 0 Å². The molecule has 150 valence electrons. The molecule has 1 amide bonds. The van der Waals surface area contributed by atoms with E-state index in [1.54, 1.807) is 18.2 Å². The smallest absolute Gasteiger partial charge is 0.230 e. The first-order valence-electron chi connectivity index (χ1n) is 9.40. The molecule has 1 fully saturated rings. The molecular formula is C21H20BrFN4OS. The summed E-state index contributed by atoms with van der Waals surface area (Å²) in [5.74, 6) is 0.350. The minimum atomic E-state index is -0.320. The second kappa shape index (κ2) is 8.67. The van der Waals surface area contributed by atoms with E-state index in [9.17, 15) is 9.18 Å². The van der Waals surface area contributed by atoms with Crippen molar-refractivity contribution in [3.63, 3.8) is 0 Å². The van der Waals surface area contributed by atoms with Crippen molar-refractivity contribution in [1.29, 1.82) is 0 Å². The summed E-state index contributed by atoms with van der Waals surface area (Å²) >= 11 is 4.75. The van der Waals surface area contributed by atoms with Gasteiger partial charge in [0.2, 0.25) is 5.91 Å². The van der Waals surface area contributed by atoms with Gasteiger partial charge in [0.1, 0.15) is 5.82 Å². The summed E-state index contributed by atoms with van der Waals surface area (Å²) in [7, 11) is 0. The zero-order valence-corrected chi connectivity index (χ0v) is 18.2. The second-order valence-corrected chi connectivity index (χ2v) is 8.87. The fraction of sp³-hybridized carbons (Fsp3) is 0.286. The highest BCUT2D eigenvalue weighted by Gasteiger charge is 2.31. The topological polar surface area (TPSA) is 59.8 Å². The van der Waals surface area contributed by atoms with Crippen LogP contribution in [-0.4, -0.2) is 26.4 Å². The third-order valence-corrected chi connectivity index (χ3v) is 6.24. The Bertz CT molecular complexity index is 1020. The Morgan fingerprint density at radius 2 is 1.97 bits per heavy atom. The van der Waals surface area contributed by atoms with E-state index in [0.29, 0.717) is 16.5 Å². The van der Waals surface area contributed by atoms with Crippen LogP contribution in [0.3, 0.4) is 0 Å². The molecule has 0 saturated heterocycles. The van der Waals surface area contributed by atoms with Gasteiger partial charge in [-0.3, -0.25) is 9.36 Å². The highest BCUT2D eigenvalue weighted by Crippen LogP contribution is 2.41. The molecular weight excluding hydrogens is 455 g/mol. The molecule has 0 radical (unpaired) electrons. The molecule has 4 rings (SSSR count). The predicted molar refractivity (Wildman–Crippen MR) is 115 cm³/mol. The summed E-state index contributed by atoms with van der Waals surface area (Å²) < 4.78 is 17.2. The van der Waals surface area contributed by atoms with Gasteiger partial charge in [-0.2, -0.15) is 0 Å². The molecule has 0 aliphatic heterocycles. The molecule has 3 aromatic rings. The lowest BCUT2D eigenvalue weighted by Gasteiger charge is -2.14. The molecule has 29 heavy (non-hydrogen) atoms. The minimum absolute atomic E-state index is 0.0804. The molecule has 1 aliphatic carbocycles. The van der Waals surface area contributed by atoms with Crippen molar-refractivity contribution in [3.8, 4) is 11.4 Å². The summed E-state index contributed by atoms with van der Waals surface area (Å²) in [6, 6.07) is 14.6. The van der Waals surface area contributed by atoms with Crippen LogP contribution in [0.2, 0.25) is 0 Å². The van der Waals surface area contributed by atoms with E-state index in [2.05, 4.69) is 31.4 Å². The third-order valence-electron chi connectivity index (χ3n) is 4.77. The van der Waals surface area contributed by atoms with E-state index in [4.69, 9.17) is 0 Å². The Balaban J connectivity index is 1.44. The van der Waals surface area contributed by atoms with Crippen LogP contribution >= 0.6 is 27.7 Å². The van der Waals surface area contributed by atoms with Crippen LogP contribution in [0.15, 0.2) is 58.2 Å². The lowest BCUT2D eigenvalue weighted by Crippen LogP contribution is -2.28. The summed E-state index contributed by atoms with van der Waals surface area (Å²) in [6.07, 6.45) is 2.03. The van der Waals surface area contributed by atoms with Crippen molar-refractivity contribution >= 4 is 33.6 Å². The van der Waals surface area contributed by atoms with Gasteiger partial charge in [-0.15, -0.1) is 10.2 Å². The summed E-state index contributed by atoms with van der Waals surface area (Å²) in [6.45, 7) is 1.95. The third kappa shape index (κ3) is 4.70. The normalized spacial score (nSPS) is 14.6.